The predicted molar refractivity (Wildman–Crippen MR) is 97.2 cm³/mol. The molecule has 0 bridgehead atoms. The summed E-state index contributed by atoms with van der Waals surface area (Å²) in [6.45, 7) is 1.46. The molecule has 0 aliphatic heterocycles. The molecule has 0 fully saturated rings. The van der Waals surface area contributed by atoms with Crippen molar-refractivity contribution in [1.29, 1.82) is 0 Å². The van der Waals surface area contributed by atoms with Crippen molar-refractivity contribution < 1.29 is 18.7 Å². The summed E-state index contributed by atoms with van der Waals surface area (Å²) in [6.07, 6.45) is -1.06. The van der Waals surface area contributed by atoms with Gasteiger partial charge in [0.1, 0.15) is 11.1 Å². The molecule has 1 atom stereocenters. The number of nitrogens with zero attached hydrogens (tertiary/aromatic N) is 1. The monoisotopic (exact) mass is 351 g/mol. The molecule has 0 spiro atoms. The molecular formula is C20H17NO5. The number of carbonyl (C=O) groups excluding carboxylic acids is 2. The SMILES string of the molecule is C[C@@H](OC(=O)c1cc2ccccc2oc1=O)C(=O)N(C)c1ccccc1. The van der Waals surface area contributed by atoms with Gasteiger partial charge in [-0.15, -0.1) is 0 Å². The fourth-order valence-electron chi connectivity index (χ4n) is 2.53. The Morgan fingerprint density at radius 2 is 1.69 bits per heavy atom. The standard InChI is InChI=1S/C20H17NO5/c1-13(18(22)21(2)15-9-4-3-5-10-15)25-19(23)16-12-14-8-6-7-11-17(14)26-20(16)24/h3-13H,1-2H3/t13-/m1/s1. The number of amides is 1. The number of ether oxygens (including phenoxy) is 1. The van der Waals surface area contributed by atoms with E-state index in [-0.39, 0.29) is 5.56 Å². The normalized spacial score (nSPS) is 11.8. The van der Waals surface area contributed by atoms with Crippen molar-refractivity contribution in [3.05, 3.63) is 76.6 Å². The highest BCUT2D eigenvalue weighted by Gasteiger charge is 2.25. The molecule has 1 aromatic heterocycles. The van der Waals surface area contributed by atoms with Crippen LogP contribution in [0.2, 0.25) is 0 Å². The topological polar surface area (TPSA) is 76.8 Å². The van der Waals surface area contributed by atoms with Gasteiger partial charge in [0.2, 0.25) is 0 Å². The molecular weight excluding hydrogens is 334 g/mol. The second-order valence-electron chi connectivity index (χ2n) is 5.77. The average Bonchev–Trinajstić information content (AvgIpc) is 2.66. The summed E-state index contributed by atoms with van der Waals surface area (Å²) >= 11 is 0. The van der Waals surface area contributed by atoms with Crippen LogP contribution in [0.1, 0.15) is 17.3 Å². The molecule has 0 radical (unpaired) electrons. The third kappa shape index (κ3) is 3.49. The lowest BCUT2D eigenvalue weighted by Gasteiger charge is -2.21. The van der Waals surface area contributed by atoms with Gasteiger partial charge in [-0.05, 0) is 31.2 Å². The van der Waals surface area contributed by atoms with E-state index in [0.717, 1.165) is 0 Å². The summed E-state index contributed by atoms with van der Waals surface area (Å²) in [4.78, 5) is 38.2. The quantitative estimate of drug-likeness (QED) is 0.533. The first-order valence-corrected chi connectivity index (χ1v) is 8.04. The Morgan fingerprint density at radius 3 is 2.42 bits per heavy atom. The molecule has 132 valence electrons. The Bertz CT molecular complexity index is 1010. The van der Waals surface area contributed by atoms with Crippen LogP contribution in [0.4, 0.5) is 5.69 Å². The van der Waals surface area contributed by atoms with Crippen LogP contribution in [-0.2, 0) is 9.53 Å². The number of rotatable bonds is 4. The Labute approximate surface area is 149 Å². The second-order valence-corrected chi connectivity index (χ2v) is 5.77. The summed E-state index contributed by atoms with van der Waals surface area (Å²) in [5.74, 6) is -1.30. The van der Waals surface area contributed by atoms with Crippen LogP contribution in [-0.4, -0.2) is 25.0 Å². The van der Waals surface area contributed by atoms with E-state index in [1.54, 1.807) is 55.6 Å². The van der Waals surface area contributed by atoms with E-state index in [1.165, 1.54) is 17.9 Å². The van der Waals surface area contributed by atoms with E-state index in [2.05, 4.69) is 0 Å². The Balaban J connectivity index is 1.78. The zero-order valence-electron chi connectivity index (χ0n) is 14.3. The number of para-hydroxylation sites is 2. The van der Waals surface area contributed by atoms with Gasteiger partial charge in [0.25, 0.3) is 5.91 Å². The highest BCUT2D eigenvalue weighted by Crippen LogP contribution is 2.16. The molecule has 26 heavy (non-hydrogen) atoms. The Hall–Kier alpha value is -3.41. The van der Waals surface area contributed by atoms with Crippen LogP contribution in [0.3, 0.4) is 0 Å². The predicted octanol–water partition coefficient (Wildman–Crippen LogP) is 3.00. The third-order valence-corrected chi connectivity index (χ3v) is 3.97. The van der Waals surface area contributed by atoms with Gasteiger partial charge in [0.15, 0.2) is 6.10 Å². The van der Waals surface area contributed by atoms with E-state index < -0.39 is 23.6 Å². The van der Waals surface area contributed by atoms with Crippen LogP contribution in [0, 0.1) is 0 Å². The van der Waals surface area contributed by atoms with Gasteiger partial charge in [0, 0.05) is 18.1 Å². The van der Waals surface area contributed by atoms with Crippen molar-refractivity contribution in [3.63, 3.8) is 0 Å². The minimum atomic E-state index is -1.06. The third-order valence-electron chi connectivity index (χ3n) is 3.97. The number of hydrogen-bond acceptors (Lipinski definition) is 5. The largest absolute Gasteiger partial charge is 0.449 e. The molecule has 3 rings (SSSR count). The van der Waals surface area contributed by atoms with E-state index in [1.807, 2.05) is 6.07 Å². The number of hydrogen-bond donors (Lipinski definition) is 0. The van der Waals surface area contributed by atoms with Crippen LogP contribution in [0.25, 0.3) is 11.0 Å². The maximum absolute atomic E-state index is 12.5. The van der Waals surface area contributed by atoms with Gasteiger partial charge in [0.05, 0.1) is 0 Å². The van der Waals surface area contributed by atoms with E-state index >= 15 is 0 Å². The fraction of sp³-hybridized carbons (Fsp3) is 0.150. The van der Waals surface area contributed by atoms with E-state index in [4.69, 9.17) is 9.15 Å². The number of anilines is 1. The summed E-state index contributed by atoms with van der Waals surface area (Å²) < 4.78 is 10.3. The first-order valence-electron chi connectivity index (χ1n) is 8.04. The Morgan fingerprint density at radius 1 is 1.04 bits per heavy atom. The summed E-state index contributed by atoms with van der Waals surface area (Å²) in [5.41, 5.74) is 0.00285. The summed E-state index contributed by atoms with van der Waals surface area (Å²) in [7, 11) is 1.59. The molecule has 3 aromatic rings. The lowest BCUT2D eigenvalue weighted by atomic mass is 10.2. The highest BCUT2D eigenvalue weighted by molar-refractivity contribution is 5.99. The second kappa shape index (κ2) is 7.23. The maximum Gasteiger partial charge on any atom is 0.351 e. The molecule has 0 saturated carbocycles. The van der Waals surface area contributed by atoms with Crippen molar-refractivity contribution in [2.24, 2.45) is 0 Å². The molecule has 0 aliphatic carbocycles. The van der Waals surface area contributed by atoms with Crippen molar-refractivity contribution in [1.82, 2.24) is 0 Å². The van der Waals surface area contributed by atoms with Gasteiger partial charge >= 0.3 is 11.6 Å². The van der Waals surface area contributed by atoms with Crippen LogP contribution in [0.15, 0.2) is 69.9 Å². The molecule has 0 N–H and O–H groups in total. The molecule has 1 amide bonds. The molecule has 0 saturated heterocycles. The molecule has 6 nitrogen and oxygen atoms in total. The van der Waals surface area contributed by atoms with Gasteiger partial charge < -0.3 is 14.1 Å². The average molecular weight is 351 g/mol. The van der Waals surface area contributed by atoms with Crippen LogP contribution >= 0.6 is 0 Å². The van der Waals surface area contributed by atoms with Crippen LogP contribution < -0.4 is 10.5 Å². The van der Waals surface area contributed by atoms with Crippen molar-refractivity contribution in [3.8, 4) is 0 Å². The number of esters is 1. The van der Waals surface area contributed by atoms with Crippen molar-refractivity contribution in [2.75, 3.05) is 11.9 Å². The molecule has 2 aromatic carbocycles. The molecule has 0 unspecified atom stereocenters. The smallest absolute Gasteiger partial charge is 0.351 e. The number of likely N-dealkylation sites (N-methyl/N-ethyl adjacent to an activating group) is 1. The maximum atomic E-state index is 12.5. The van der Waals surface area contributed by atoms with Gasteiger partial charge in [-0.3, -0.25) is 4.79 Å². The van der Waals surface area contributed by atoms with Gasteiger partial charge in [-0.25, -0.2) is 9.59 Å². The van der Waals surface area contributed by atoms with Gasteiger partial charge in [-0.2, -0.15) is 0 Å². The zero-order valence-corrected chi connectivity index (χ0v) is 14.3. The molecule has 1 heterocycles. The highest BCUT2D eigenvalue weighted by atomic mass is 16.5. The van der Waals surface area contributed by atoms with Crippen molar-refractivity contribution in [2.45, 2.75) is 13.0 Å². The lowest BCUT2D eigenvalue weighted by Crippen LogP contribution is -2.38. The number of benzene rings is 2. The zero-order chi connectivity index (χ0) is 18.7. The Kier molecular flexibility index (Phi) is 4.84. The fourth-order valence-corrected chi connectivity index (χ4v) is 2.53. The summed E-state index contributed by atoms with van der Waals surface area (Å²) in [6, 6.07) is 17.2. The van der Waals surface area contributed by atoms with Crippen LogP contribution in [0.5, 0.6) is 0 Å². The minimum absolute atomic E-state index is 0.245. The molecule has 6 heteroatoms. The first kappa shape index (κ1) is 17.4. The number of carbonyl (C=O) groups is 2. The molecule has 0 aliphatic rings. The van der Waals surface area contributed by atoms with Gasteiger partial charge in [-0.1, -0.05) is 36.4 Å². The lowest BCUT2D eigenvalue weighted by molar-refractivity contribution is -0.126. The van der Waals surface area contributed by atoms with E-state index in [0.29, 0.717) is 16.7 Å². The number of fused-ring (bicyclic) bond motifs is 1. The van der Waals surface area contributed by atoms with Crippen molar-refractivity contribution >= 4 is 28.5 Å². The first-order chi connectivity index (χ1) is 12.5. The summed E-state index contributed by atoms with van der Waals surface area (Å²) in [5, 5.41) is 0.597. The minimum Gasteiger partial charge on any atom is -0.449 e. The van der Waals surface area contributed by atoms with E-state index in [9.17, 15) is 14.4 Å².